The largest absolute Gasteiger partial charge is 0.478 e. The number of rotatable bonds is 5. The number of amidine groups is 1. The standard InChI is InChI=1S/C15H20N2O3/c1-4-6-13(15(16)17-18)20-12-8-5-7-11-9(2)10(3)19-14(11)12/h5,7-8,13,18H,4,6H2,1-3H3,(H2,16,17). The molecule has 0 aliphatic rings. The first-order chi connectivity index (χ1) is 9.58. The molecule has 1 heterocycles. The van der Waals surface area contributed by atoms with Crippen LogP contribution in [0.5, 0.6) is 5.75 Å². The first kappa shape index (κ1) is 14.2. The summed E-state index contributed by atoms with van der Waals surface area (Å²) in [4.78, 5) is 0. The number of para-hydroxylation sites is 1. The van der Waals surface area contributed by atoms with Crippen molar-refractivity contribution in [3.63, 3.8) is 0 Å². The molecular weight excluding hydrogens is 256 g/mol. The zero-order chi connectivity index (χ0) is 14.7. The van der Waals surface area contributed by atoms with Gasteiger partial charge < -0.3 is 20.1 Å². The van der Waals surface area contributed by atoms with Crippen molar-refractivity contribution in [1.29, 1.82) is 0 Å². The highest BCUT2D eigenvalue weighted by Crippen LogP contribution is 2.32. The van der Waals surface area contributed by atoms with Crippen molar-refractivity contribution >= 4 is 16.8 Å². The highest BCUT2D eigenvalue weighted by atomic mass is 16.5. The van der Waals surface area contributed by atoms with E-state index < -0.39 is 6.10 Å². The minimum absolute atomic E-state index is 0.0730. The summed E-state index contributed by atoms with van der Waals surface area (Å²) in [5.41, 5.74) is 7.48. The van der Waals surface area contributed by atoms with Gasteiger partial charge in [0.2, 0.25) is 0 Å². The Kier molecular flexibility index (Phi) is 4.17. The maximum Gasteiger partial charge on any atom is 0.180 e. The summed E-state index contributed by atoms with van der Waals surface area (Å²) >= 11 is 0. The minimum Gasteiger partial charge on any atom is -0.478 e. The van der Waals surface area contributed by atoms with Gasteiger partial charge in [-0.3, -0.25) is 0 Å². The summed E-state index contributed by atoms with van der Waals surface area (Å²) in [6.45, 7) is 5.95. The fourth-order valence-corrected chi connectivity index (χ4v) is 2.18. The Morgan fingerprint density at radius 3 is 2.85 bits per heavy atom. The number of oxime groups is 1. The van der Waals surface area contributed by atoms with Gasteiger partial charge in [-0.05, 0) is 31.9 Å². The van der Waals surface area contributed by atoms with Gasteiger partial charge in [0.1, 0.15) is 5.76 Å². The molecule has 5 heteroatoms. The fraction of sp³-hybridized carbons (Fsp3) is 0.400. The van der Waals surface area contributed by atoms with Crippen molar-refractivity contribution in [2.75, 3.05) is 0 Å². The molecule has 0 amide bonds. The second kappa shape index (κ2) is 5.86. The third kappa shape index (κ3) is 2.57. The minimum atomic E-state index is -0.457. The Labute approximate surface area is 118 Å². The third-order valence-corrected chi connectivity index (χ3v) is 3.43. The summed E-state index contributed by atoms with van der Waals surface area (Å²) in [5, 5.41) is 12.9. The van der Waals surface area contributed by atoms with E-state index in [4.69, 9.17) is 20.1 Å². The molecule has 5 nitrogen and oxygen atoms in total. The highest BCUT2D eigenvalue weighted by Gasteiger charge is 2.18. The van der Waals surface area contributed by atoms with Crippen molar-refractivity contribution in [2.45, 2.75) is 39.7 Å². The lowest BCUT2D eigenvalue weighted by Crippen LogP contribution is -2.34. The average Bonchev–Trinajstić information content (AvgIpc) is 2.74. The molecule has 1 atom stereocenters. The fourth-order valence-electron chi connectivity index (χ4n) is 2.18. The Morgan fingerprint density at radius 1 is 1.45 bits per heavy atom. The van der Waals surface area contributed by atoms with E-state index in [1.54, 1.807) is 0 Å². The normalized spacial score (nSPS) is 13.7. The van der Waals surface area contributed by atoms with E-state index in [0.717, 1.165) is 23.1 Å². The Balaban J connectivity index is 2.40. The summed E-state index contributed by atoms with van der Waals surface area (Å²) in [6.07, 6.45) is 1.08. The predicted octanol–water partition coefficient (Wildman–Crippen LogP) is 3.34. The number of nitrogens with two attached hydrogens (primary N) is 1. The number of aryl methyl sites for hydroxylation is 2. The molecule has 20 heavy (non-hydrogen) atoms. The van der Waals surface area contributed by atoms with Gasteiger partial charge in [0, 0.05) is 5.39 Å². The summed E-state index contributed by atoms with van der Waals surface area (Å²) in [7, 11) is 0. The van der Waals surface area contributed by atoms with Crippen molar-refractivity contribution in [2.24, 2.45) is 10.9 Å². The second-order valence-electron chi connectivity index (χ2n) is 4.84. The number of furan rings is 1. The molecule has 0 fully saturated rings. The molecule has 1 aromatic carbocycles. The SMILES string of the molecule is CCCC(Oc1cccc2c(C)c(C)oc12)C(N)=NO. The van der Waals surface area contributed by atoms with Crippen LogP contribution in [0.15, 0.2) is 27.8 Å². The number of fused-ring (bicyclic) bond motifs is 1. The van der Waals surface area contributed by atoms with Gasteiger partial charge in [-0.15, -0.1) is 0 Å². The van der Waals surface area contributed by atoms with Crippen LogP contribution in [0, 0.1) is 13.8 Å². The van der Waals surface area contributed by atoms with Crippen LogP contribution in [0.25, 0.3) is 11.0 Å². The van der Waals surface area contributed by atoms with Crippen LogP contribution in [0.4, 0.5) is 0 Å². The smallest absolute Gasteiger partial charge is 0.180 e. The summed E-state index contributed by atoms with van der Waals surface area (Å²) < 4.78 is 11.6. The lowest BCUT2D eigenvalue weighted by molar-refractivity contribution is 0.240. The zero-order valence-corrected chi connectivity index (χ0v) is 12.0. The van der Waals surface area contributed by atoms with Gasteiger partial charge in [0.25, 0.3) is 0 Å². The lowest BCUT2D eigenvalue weighted by Gasteiger charge is -2.17. The average molecular weight is 276 g/mol. The van der Waals surface area contributed by atoms with Gasteiger partial charge >= 0.3 is 0 Å². The van der Waals surface area contributed by atoms with Crippen molar-refractivity contribution in [1.82, 2.24) is 0 Å². The van der Waals surface area contributed by atoms with E-state index in [9.17, 15) is 0 Å². The molecule has 0 radical (unpaired) electrons. The monoisotopic (exact) mass is 276 g/mol. The molecule has 108 valence electrons. The highest BCUT2D eigenvalue weighted by molar-refractivity contribution is 5.88. The maximum atomic E-state index is 8.83. The van der Waals surface area contributed by atoms with Crippen LogP contribution in [-0.4, -0.2) is 17.1 Å². The van der Waals surface area contributed by atoms with Crippen LogP contribution in [0.2, 0.25) is 0 Å². The van der Waals surface area contributed by atoms with E-state index in [1.165, 1.54) is 0 Å². The molecule has 0 saturated heterocycles. The van der Waals surface area contributed by atoms with Crippen LogP contribution in [0.3, 0.4) is 0 Å². The number of nitrogens with zero attached hydrogens (tertiary/aromatic N) is 1. The molecule has 0 spiro atoms. The Bertz CT molecular complexity index is 631. The van der Waals surface area contributed by atoms with Gasteiger partial charge in [0.05, 0.1) is 0 Å². The number of benzene rings is 1. The van der Waals surface area contributed by atoms with Crippen LogP contribution >= 0.6 is 0 Å². The maximum absolute atomic E-state index is 8.83. The van der Waals surface area contributed by atoms with Crippen LogP contribution < -0.4 is 10.5 Å². The van der Waals surface area contributed by atoms with E-state index in [1.807, 2.05) is 39.0 Å². The third-order valence-electron chi connectivity index (χ3n) is 3.43. The predicted molar refractivity (Wildman–Crippen MR) is 78.4 cm³/mol. The number of ether oxygens (including phenoxy) is 1. The van der Waals surface area contributed by atoms with Gasteiger partial charge in [-0.2, -0.15) is 0 Å². The van der Waals surface area contributed by atoms with Crippen LogP contribution in [-0.2, 0) is 0 Å². The zero-order valence-electron chi connectivity index (χ0n) is 12.0. The molecule has 0 aliphatic heterocycles. The Morgan fingerprint density at radius 2 is 2.20 bits per heavy atom. The topological polar surface area (TPSA) is 81.0 Å². The lowest BCUT2D eigenvalue weighted by atomic mass is 10.1. The molecule has 3 N–H and O–H groups in total. The summed E-state index contributed by atoms with van der Waals surface area (Å²) in [6, 6.07) is 5.74. The van der Waals surface area contributed by atoms with E-state index in [-0.39, 0.29) is 5.84 Å². The summed E-state index contributed by atoms with van der Waals surface area (Å²) in [5.74, 6) is 1.56. The van der Waals surface area contributed by atoms with Crippen molar-refractivity contribution in [3.8, 4) is 5.75 Å². The molecule has 0 bridgehead atoms. The molecule has 1 unspecified atom stereocenters. The van der Waals surface area contributed by atoms with Crippen molar-refractivity contribution < 1.29 is 14.4 Å². The first-order valence-electron chi connectivity index (χ1n) is 6.71. The number of hydrogen-bond acceptors (Lipinski definition) is 4. The molecule has 2 aromatic rings. The van der Waals surface area contributed by atoms with Gasteiger partial charge in [-0.25, -0.2) is 0 Å². The molecule has 1 aromatic heterocycles. The molecular formula is C15H20N2O3. The second-order valence-corrected chi connectivity index (χ2v) is 4.84. The van der Waals surface area contributed by atoms with Gasteiger partial charge in [-0.1, -0.05) is 30.6 Å². The van der Waals surface area contributed by atoms with Gasteiger partial charge in [0.15, 0.2) is 23.3 Å². The van der Waals surface area contributed by atoms with Crippen molar-refractivity contribution in [3.05, 3.63) is 29.5 Å². The quantitative estimate of drug-likeness (QED) is 0.380. The van der Waals surface area contributed by atoms with Crippen LogP contribution in [0.1, 0.15) is 31.1 Å². The Hall–Kier alpha value is -2.17. The van der Waals surface area contributed by atoms with E-state index >= 15 is 0 Å². The molecule has 0 saturated carbocycles. The molecule has 0 aliphatic carbocycles. The molecule has 2 rings (SSSR count). The van der Waals surface area contributed by atoms with E-state index in [0.29, 0.717) is 17.8 Å². The van der Waals surface area contributed by atoms with E-state index in [2.05, 4.69) is 5.16 Å². The first-order valence-corrected chi connectivity index (χ1v) is 6.71. The number of hydrogen-bond donors (Lipinski definition) is 2.